The zero-order chi connectivity index (χ0) is 12.3. The third kappa shape index (κ3) is 3.61. The van der Waals surface area contributed by atoms with Crippen molar-refractivity contribution in [2.45, 2.75) is 44.7 Å². The number of carbonyl (C=O) groups excluding carboxylic acids is 1. The molecule has 2 N–H and O–H groups in total. The Morgan fingerprint density at radius 2 is 2.18 bits per heavy atom. The van der Waals surface area contributed by atoms with E-state index < -0.39 is 0 Å². The number of hydrogen-bond donors (Lipinski definition) is 2. The molecule has 1 aliphatic rings. The van der Waals surface area contributed by atoms with E-state index in [9.17, 15) is 4.79 Å². The van der Waals surface area contributed by atoms with Gasteiger partial charge in [-0.25, -0.2) is 4.79 Å². The molecular weight excluding hydrogens is 256 g/mol. The lowest BCUT2D eigenvalue weighted by atomic mass is 10.2. The van der Waals surface area contributed by atoms with Crippen molar-refractivity contribution in [1.29, 1.82) is 0 Å². The van der Waals surface area contributed by atoms with E-state index in [0.29, 0.717) is 6.04 Å². The summed E-state index contributed by atoms with van der Waals surface area (Å²) in [5, 5.41) is 5.95. The highest BCUT2D eigenvalue weighted by atomic mass is 35.5. The minimum absolute atomic E-state index is 0.00824. The highest BCUT2D eigenvalue weighted by molar-refractivity contribution is 7.16. The lowest BCUT2D eigenvalue weighted by molar-refractivity contribution is 0.234. The van der Waals surface area contributed by atoms with Crippen LogP contribution in [0.4, 0.5) is 4.79 Å². The van der Waals surface area contributed by atoms with Crippen LogP contribution in [0.2, 0.25) is 4.34 Å². The van der Waals surface area contributed by atoms with Gasteiger partial charge in [-0.3, -0.25) is 0 Å². The maximum absolute atomic E-state index is 11.7. The first-order chi connectivity index (χ1) is 8.15. The third-order valence-electron chi connectivity index (χ3n) is 3.06. The number of rotatable bonds is 3. The molecule has 0 radical (unpaired) electrons. The highest BCUT2D eigenvalue weighted by Crippen LogP contribution is 2.26. The molecule has 0 saturated heterocycles. The molecule has 1 aromatic rings. The van der Waals surface area contributed by atoms with Crippen LogP contribution in [-0.2, 0) is 0 Å². The Morgan fingerprint density at radius 3 is 2.76 bits per heavy atom. The number of carbonyl (C=O) groups is 1. The van der Waals surface area contributed by atoms with Gasteiger partial charge in [0.15, 0.2) is 0 Å². The molecule has 1 fully saturated rings. The first-order valence-electron chi connectivity index (χ1n) is 5.97. The summed E-state index contributed by atoms with van der Waals surface area (Å²) < 4.78 is 0.754. The fraction of sp³-hybridized carbons (Fsp3) is 0.583. The Bertz CT molecular complexity index is 388. The van der Waals surface area contributed by atoms with Crippen LogP contribution in [0.25, 0.3) is 0 Å². The molecule has 2 amide bonds. The van der Waals surface area contributed by atoms with Gasteiger partial charge in [0.2, 0.25) is 0 Å². The van der Waals surface area contributed by atoms with E-state index in [1.165, 1.54) is 24.2 Å². The molecule has 1 heterocycles. The van der Waals surface area contributed by atoms with Crippen LogP contribution in [0, 0.1) is 0 Å². The molecule has 0 aromatic carbocycles. The van der Waals surface area contributed by atoms with Gasteiger partial charge in [-0.1, -0.05) is 24.4 Å². The number of thiophene rings is 1. The average Bonchev–Trinajstić information content (AvgIpc) is 2.89. The van der Waals surface area contributed by atoms with E-state index in [0.717, 1.165) is 22.1 Å². The number of urea groups is 1. The molecular formula is C12H17ClN2OS. The Morgan fingerprint density at radius 1 is 1.47 bits per heavy atom. The first-order valence-corrected chi connectivity index (χ1v) is 7.17. The largest absolute Gasteiger partial charge is 0.335 e. The molecule has 5 heteroatoms. The molecule has 1 atom stereocenters. The van der Waals surface area contributed by atoms with Crippen molar-refractivity contribution in [3.8, 4) is 0 Å². The molecule has 0 unspecified atom stereocenters. The van der Waals surface area contributed by atoms with Crippen LogP contribution in [0.15, 0.2) is 12.1 Å². The van der Waals surface area contributed by atoms with Crippen molar-refractivity contribution in [1.82, 2.24) is 10.6 Å². The number of hydrogen-bond acceptors (Lipinski definition) is 2. The second-order valence-corrected chi connectivity index (χ2v) is 6.21. The third-order valence-corrected chi connectivity index (χ3v) is 4.47. The van der Waals surface area contributed by atoms with E-state index in [1.807, 2.05) is 19.1 Å². The van der Waals surface area contributed by atoms with Crippen molar-refractivity contribution in [3.05, 3.63) is 21.3 Å². The van der Waals surface area contributed by atoms with Gasteiger partial charge in [-0.15, -0.1) is 11.3 Å². The van der Waals surface area contributed by atoms with E-state index in [1.54, 1.807) is 0 Å². The van der Waals surface area contributed by atoms with E-state index in [2.05, 4.69) is 10.6 Å². The molecule has 2 rings (SSSR count). The summed E-state index contributed by atoms with van der Waals surface area (Å²) in [6.07, 6.45) is 4.65. The molecule has 0 spiro atoms. The summed E-state index contributed by atoms with van der Waals surface area (Å²) in [5.74, 6) is 0. The zero-order valence-corrected chi connectivity index (χ0v) is 11.4. The fourth-order valence-electron chi connectivity index (χ4n) is 2.13. The Balaban J connectivity index is 1.81. The van der Waals surface area contributed by atoms with Gasteiger partial charge in [0.05, 0.1) is 10.4 Å². The van der Waals surface area contributed by atoms with E-state index >= 15 is 0 Å². The number of nitrogens with one attached hydrogen (secondary N) is 2. The SMILES string of the molecule is C[C@H](NC(=O)NC1CCCC1)c1ccc(Cl)s1. The Kier molecular flexibility index (Phi) is 4.29. The summed E-state index contributed by atoms with van der Waals surface area (Å²) in [6.45, 7) is 1.97. The monoisotopic (exact) mass is 272 g/mol. The number of amides is 2. The summed E-state index contributed by atoms with van der Waals surface area (Å²) in [5.41, 5.74) is 0. The quantitative estimate of drug-likeness (QED) is 0.865. The van der Waals surface area contributed by atoms with Gasteiger partial charge in [0, 0.05) is 10.9 Å². The minimum Gasteiger partial charge on any atom is -0.335 e. The van der Waals surface area contributed by atoms with Crippen LogP contribution in [-0.4, -0.2) is 12.1 Å². The summed E-state index contributed by atoms with van der Waals surface area (Å²) in [6, 6.07) is 4.10. The van der Waals surface area contributed by atoms with Crippen molar-refractivity contribution in [2.75, 3.05) is 0 Å². The second kappa shape index (κ2) is 5.74. The fourth-order valence-corrected chi connectivity index (χ4v) is 3.19. The highest BCUT2D eigenvalue weighted by Gasteiger charge is 2.18. The van der Waals surface area contributed by atoms with Gasteiger partial charge in [-0.2, -0.15) is 0 Å². The van der Waals surface area contributed by atoms with Crippen molar-refractivity contribution < 1.29 is 4.79 Å². The lowest BCUT2D eigenvalue weighted by Gasteiger charge is -2.16. The van der Waals surface area contributed by atoms with E-state index in [-0.39, 0.29) is 12.1 Å². The van der Waals surface area contributed by atoms with Crippen molar-refractivity contribution in [3.63, 3.8) is 0 Å². The van der Waals surface area contributed by atoms with Crippen LogP contribution in [0.5, 0.6) is 0 Å². The molecule has 1 aromatic heterocycles. The van der Waals surface area contributed by atoms with Crippen molar-refractivity contribution in [2.24, 2.45) is 0 Å². The van der Waals surface area contributed by atoms with Gasteiger partial charge < -0.3 is 10.6 Å². The summed E-state index contributed by atoms with van der Waals surface area (Å²) >= 11 is 7.37. The summed E-state index contributed by atoms with van der Waals surface area (Å²) in [7, 11) is 0. The predicted octanol–water partition coefficient (Wildman–Crippen LogP) is 3.70. The Hall–Kier alpha value is -0.740. The molecule has 3 nitrogen and oxygen atoms in total. The molecule has 1 aliphatic carbocycles. The van der Waals surface area contributed by atoms with Crippen LogP contribution < -0.4 is 10.6 Å². The first kappa shape index (κ1) is 12.7. The topological polar surface area (TPSA) is 41.1 Å². The molecule has 94 valence electrons. The predicted molar refractivity (Wildman–Crippen MR) is 71.7 cm³/mol. The van der Waals surface area contributed by atoms with Gasteiger partial charge in [0.1, 0.15) is 0 Å². The van der Waals surface area contributed by atoms with Gasteiger partial charge >= 0.3 is 6.03 Å². The molecule has 17 heavy (non-hydrogen) atoms. The molecule has 1 saturated carbocycles. The second-order valence-electron chi connectivity index (χ2n) is 4.46. The number of halogens is 1. The van der Waals surface area contributed by atoms with E-state index in [4.69, 9.17) is 11.6 Å². The maximum Gasteiger partial charge on any atom is 0.315 e. The summed E-state index contributed by atoms with van der Waals surface area (Å²) in [4.78, 5) is 12.8. The smallest absolute Gasteiger partial charge is 0.315 e. The van der Waals surface area contributed by atoms with Crippen LogP contribution in [0.3, 0.4) is 0 Å². The lowest BCUT2D eigenvalue weighted by Crippen LogP contribution is -2.41. The minimum atomic E-state index is -0.0751. The van der Waals surface area contributed by atoms with Crippen molar-refractivity contribution >= 4 is 29.0 Å². The average molecular weight is 273 g/mol. The maximum atomic E-state index is 11.7. The van der Waals surface area contributed by atoms with Crippen LogP contribution in [0.1, 0.15) is 43.5 Å². The Labute approximate surface area is 111 Å². The van der Waals surface area contributed by atoms with Gasteiger partial charge in [-0.05, 0) is 31.9 Å². The van der Waals surface area contributed by atoms with Crippen LogP contribution >= 0.6 is 22.9 Å². The zero-order valence-electron chi connectivity index (χ0n) is 9.83. The van der Waals surface area contributed by atoms with Gasteiger partial charge in [0.25, 0.3) is 0 Å². The standard InChI is InChI=1S/C12H17ClN2OS/c1-8(10-6-7-11(13)17-10)14-12(16)15-9-4-2-3-5-9/h6-9H,2-5H2,1H3,(H2,14,15,16)/t8-/m0/s1. The molecule has 0 bridgehead atoms. The molecule has 0 aliphatic heterocycles. The normalized spacial score (nSPS) is 18.0.